The predicted octanol–water partition coefficient (Wildman–Crippen LogP) is 5.48. The van der Waals surface area contributed by atoms with Crippen LogP contribution in [0.25, 0.3) is 17.0 Å². The fraction of sp³-hybridized carbons (Fsp3) is 0.0800. The highest BCUT2D eigenvalue weighted by molar-refractivity contribution is 6.30. The maximum absolute atomic E-state index is 12.8. The number of halogens is 1. The van der Waals surface area contributed by atoms with Crippen LogP contribution in [0.15, 0.2) is 84.9 Å². The number of hydrogen-bond acceptors (Lipinski definition) is 3. The van der Waals surface area contributed by atoms with Gasteiger partial charge in [0.25, 0.3) is 5.91 Å². The molecule has 2 heterocycles. The van der Waals surface area contributed by atoms with Crippen molar-refractivity contribution in [2.45, 2.75) is 13.5 Å². The summed E-state index contributed by atoms with van der Waals surface area (Å²) in [5.74, 6) is 0.940. The molecule has 1 amide bonds. The normalized spacial score (nSPS) is 11.1. The van der Waals surface area contributed by atoms with Gasteiger partial charge in [0.05, 0.1) is 23.3 Å². The zero-order valence-corrected chi connectivity index (χ0v) is 18.1. The second-order valence-electron chi connectivity index (χ2n) is 7.52. The zero-order valence-electron chi connectivity index (χ0n) is 17.4. The number of carbonyl (C=O) groups excluding carboxylic acids is 1. The van der Waals surface area contributed by atoms with Gasteiger partial charge in [-0.05, 0) is 48.9 Å². The Balaban J connectivity index is 1.58. The molecule has 0 bridgehead atoms. The van der Waals surface area contributed by atoms with E-state index < -0.39 is 0 Å². The van der Waals surface area contributed by atoms with Crippen molar-refractivity contribution >= 4 is 34.4 Å². The molecule has 0 fully saturated rings. The molecule has 1 N–H and O–H groups in total. The number of rotatable bonds is 5. The topological polar surface area (TPSA) is 64.7 Å². The molecule has 158 valence electrons. The Labute approximate surface area is 190 Å². The summed E-state index contributed by atoms with van der Waals surface area (Å²) in [5, 5.41) is 8.18. The van der Waals surface area contributed by atoms with E-state index in [1.807, 2.05) is 55.5 Å². The number of aryl methyl sites for hydroxylation is 1. The Morgan fingerprint density at radius 2 is 1.69 bits per heavy atom. The average Bonchev–Trinajstić information content (AvgIpc) is 3.34. The average molecular weight is 442 g/mol. The lowest BCUT2D eigenvalue weighted by Gasteiger charge is -2.12. The summed E-state index contributed by atoms with van der Waals surface area (Å²) in [6.07, 6.45) is 0. The first-order valence-corrected chi connectivity index (χ1v) is 10.6. The highest BCUT2D eigenvalue weighted by atomic mass is 35.5. The van der Waals surface area contributed by atoms with Gasteiger partial charge in [-0.2, -0.15) is 9.78 Å². The van der Waals surface area contributed by atoms with Crippen LogP contribution < -0.4 is 5.32 Å². The number of anilines is 1. The number of aromatic nitrogens is 4. The maximum atomic E-state index is 12.8. The zero-order chi connectivity index (χ0) is 22.1. The van der Waals surface area contributed by atoms with Crippen LogP contribution in [0, 0.1) is 6.92 Å². The molecular formula is C25H20ClN5O. The highest BCUT2D eigenvalue weighted by Gasteiger charge is 2.19. The largest absolute Gasteiger partial charge is 0.306 e. The number of para-hydroxylation sites is 2. The van der Waals surface area contributed by atoms with Gasteiger partial charge in [-0.25, -0.2) is 4.98 Å². The first-order chi connectivity index (χ1) is 15.6. The summed E-state index contributed by atoms with van der Waals surface area (Å²) in [4.78, 5) is 17.7. The third kappa shape index (κ3) is 3.88. The fourth-order valence-corrected chi connectivity index (χ4v) is 3.80. The van der Waals surface area contributed by atoms with E-state index in [4.69, 9.17) is 16.6 Å². The quantitative estimate of drug-likeness (QED) is 0.392. The fourth-order valence-electron chi connectivity index (χ4n) is 3.68. The number of benzene rings is 3. The molecule has 0 spiro atoms. The Morgan fingerprint density at radius 1 is 0.969 bits per heavy atom. The molecule has 7 heteroatoms. The van der Waals surface area contributed by atoms with Crippen molar-refractivity contribution in [3.05, 3.63) is 107 Å². The van der Waals surface area contributed by atoms with Gasteiger partial charge < -0.3 is 9.88 Å². The van der Waals surface area contributed by atoms with E-state index in [0.29, 0.717) is 28.9 Å². The summed E-state index contributed by atoms with van der Waals surface area (Å²) in [7, 11) is 0. The summed E-state index contributed by atoms with van der Waals surface area (Å²) in [6.45, 7) is 2.51. The first kappa shape index (κ1) is 20.0. The second-order valence-corrected chi connectivity index (χ2v) is 7.95. The predicted molar refractivity (Wildman–Crippen MR) is 127 cm³/mol. The van der Waals surface area contributed by atoms with E-state index in [1.165, 1.54) is 0 Å². The lowest BCUT2D eigenvalue weighted by molar-refractivity contribution is 0.102. The molecule has 0 saturated heterocycles. The first-order valence-electron chi connectivity index (χ1n) is 10.2. The van der Waals surface area contributed by atoms with Gasteiger partial charge >= 0.3 is 0 Å². The maximum Gasteiger partial charge on any atom is 0.256 e. The molecule has 2 aromatic heterocycles. The minimum absolute atomic E-state index is 0.242. The number of nitrogens with one attached hydrogen (secondary N) is 1. The minimum atomic E-state index is -0.242. The van der Waals surface area contributed by atoms with Crippen LogP contribution in [0.1, 0.15) is 21.6 Å². The van der Waals surface area contributed by atoms with Crippen LogP contribution in [0.5, 0.6) is 0 Å². The third-order valence-corrected chi connectivity index (χ3v) is 5.44. The van der Waals surface area contributed by atoms with E-state index in [-0.39, 0.29) is 5.91 Å². The van der Waals surface area contributed by atoms with Crippen molar-refractivity contribution in [3.8, 4) is 5.95 Å². The Kier molecular flexibility index (Phi) is 5.21. The lowest BCUT2D eigenvalue weighted by atomic mass is 10.2. The molecule has 5 rings (SSSR count). The number of amides is 1. The number of fused-ring (bicyclic) bond motifs is 1. The van der Waals surface area contributed by atoms with Crippen molar-refractivity contribution in [3.63, 3.8) is 0 Å². The second kappa shape index (κ2) is 8.32. The lowest BCUT2D eigenvalue weighted by Crippen LogP contribution is -2.17. The van der Waals surface area contributed by atoms with Crippen molar-refractivity contribution in [1.29, 1.82) is 0 Å². The molecule has 0 atom stereocenters. The Morgan fingerprint density at radius 3 is 2.47 bits per heavy atom. The van der Waals surface area contributed by atoms with Crippen molar-refractivity contribution < 1.29 is 4.79 Å². The van der Waals surface area contributed by atoms with Crippen LogP contribution in [-0.2, 0) is 6.54 Å². The van der Waals surface area contributed by atoms with Crippen LogP contribution in [0.4, 0.5) is 5.82 Å². The molecule has 32 heavy (non-hydrogen) atoms. The minimum Gasteiger partial charge on any atom is -0.306 e. The molecule has 0 radical (unpaired) electrons. The van der Waals surface area contributed by atoms with Gasteiger partial charge in [-0.15, -0.1) is 0 Å². The molecular weight excluding hydrogens is 422 g/mol. The molecule has 0 saturated carbocycles. The SMILES string of the molecule is Cc1cc(NC(=O)c2ccc(Cl)cc2)n(-c2nc3ccccc3n2Cc2ccccc2)n1. The van der Waals surface area contributed by atoms with E-state index in [2.05, 4.69) is 27.1 Å². The van der Waals surface area contributed by atoms with Gasteiger partial charge in [-0.3, -0.25) is 4.79 Å². The molecule has 6 nitrogen and oxygen atoms in total. The van der Waals surface area contributed by atoms with Gasteiger partial charge in [0.2, 0.25) is 5.95 Å². The van der Waals surface area contributed by atoms with Crippen molar-refractivity contribution in [2.24, 2.45) is 0 Å². The van der Waals surface area contributed by atoms with Crippen molar-refractivity contribution in [2.75, 3.05) is 5.32 Å². The number of carbonyl (C=O) groups is 1. The van der Waals surface area contributed by atoms with Gasteiger partial charge in [-0.1, -0.05) is 54.1 Å². The van der Waals surface area contributed by atoms with Gasteiger partial charge in [0.15, 0.2) is 0 Å². The molecule has 0 unspecified atom stereocenters. The van der Waals surface area contributed by atoms with Crippen LogP contribution >= 0.6 is 11.6 Å². The van der Waals surface area contributed by atoms with E-state index in [9.17, 15) is 4.79 Å². The Hall–Kier alpha value is -3.90. The van der Waals surface area contributed by atoms with Gasteiger partial charge in [0, 0.05) is 16.7 Å². The van der Waals surface area contributed by atoms with Crippen LogP contribution in [0.2, 0.25) is 5.02 Å². The van der Waals surface area contributed by atoms with E-state index >= 15 is 0 Å². The Bertz CT molecular complexity index is 1400. The smallest absolute Gasteiger partial charge is 0.256 e. The molecule has 5 aromatic rings. The highest BCUT2D eigenvalue weighted by Crippen LogP contribution is 2.24. The van der Waals surface area contributed by atoms with E-state index in [0.717, 1.165) is 22.3 Å². The van der Waals surface area contributed by atoms with E-state index in [1.54, 1.807) is 28.9 Å². The third-order valence-electron chi connectivity index (χ3n) is 5.19. The van der Waals surface area contributed by atoms with Crippen LogP contribution in [-0.4, -0.2) is 25.2 Å². The van der Waals surface area contributed by atoms with Gasteiger partial charge in [0.1, 0.15) is 5.82 Å². The summed E-state index contributed by atoms with van der Waals surface area (Å²) < 4.78 is 3.79. The molecule has 0 aliphatic rings. The number of imidazole rings is 1. The number of hydrogen-bond donors (Lipinski definition) is 1. The molecule has 3 aromatic carbocycles. The number of nitrogens with zero attached hydrogens (tertiary/aromatic N) is 4. The van der Waals surface area contributed by atoms with Crippen molar-refractivity contribution in [1.82, 2.24) is 19.3 Å². The monoisotopic (exact) mass is 441 g/mol. The summed E-state index contributed by atoms with van der Waals surface area (Å²) in [5.41, 5.74) is 4.29. The van der Waals surface area contributed by atoms with Crippen LogP contribution in [0.3, 0.4) is 0 Å². The summed E-state index contributed by atoms with van der Waals surface area (Å²) in [6, 6.07) is 26.8. The standard InChI is InChI=1S/C25H20ClN5O/c1-17-15-23(28-24(32)19-11-13-20(26)14-12-19)31(29-17)25-27-21-9-5-6-10-22(21)30(25)16-18-7-3-2-4-8-18/h2-15H,16H2,1H3,(H,28,32). The summed E-state index contributed by atoms with van der Waals surface area (Å²) >= 11 is 5.95. The molecule has 0 aliphatic heterocycles. The molecule has 0 aliphatic carbocycles.